The Morgan fingerprint density at radius 1 is 1.18 bits per heavy atom. The monoisotopic (exact) mass is 315 g/mol. The van der Waals surface area contributed by atoms with E-state index in [0.29, 0.717) is 24.1 Å². The van der Waals surface area contributed by atoms with Gasteiger partial charge in [0.2, 0.25) is 6.10 Å². The van der Waals surface area contributed by atoms with Crippen molar-refractivity contribution >= 4 is 17.2 Å². The van der Waals surface area contributed by atoms with Crippen LogP contribution in [0.3, 0.4) is 0 Å². The molecule has 0 radical (unpaired) electrons. The van der Waals surface area contributed by atoms with Gasteiger partial charge in [0, 0.05) is 10.9 Å². The van der Waals surface area contributed by atoms with E-state index >= 15 is 0 Å². The van der Waals surface area contributed by atoms with E-state index in [9.17, 15) is 4.79 Å². The average Bonchev–Trinajstić information content (AvgIpc) is 3.27. The molecule has 1 amide bonds. The van der Waals surface area contributed by atoms with Gasteiger partial charge in [0.1, 0.15) is 6.61 Å². The summed E-state index contributed by atoms with van der Waals surface area (Å²) in [6.45, 7) is 0.951. The average molecular weight is 315 g/mol. The fourth-order valence-electron chi connectivity index (χ4n) is 2.67. The molecule has 1 fully saturated rings. The molecule has 1 saturated carbocycles. The predicted octanol–water partition coefficient (Wildman–Crippen LogP) is 3.08. The molecule has 2 heterocycles. The van der Waals surface area contributed by atoms with Crippen molar-refractivity contribution in [2.45, 2.75) is 31.5 Å². The quantitative estimate of drug-likeness (QED) is 0.870. The first-order valence-corrected chi connectivity index (χ1v) is 8.40. The van der Waals surface area contributed by atoms with Crippen molar-refractivity contribution in [1.29, 1.82) is 0 Å². The molecular weight excluding hydrogens is 298 g/mol. The molecule has 0 N–H and O–H groups in total. The number of carbonyl (C=O) groups excluding carboxylic acids is 1. The fourth-order valence-corrected chi connectivity index (χ4v) is 3.37. The molecule has 114 valence electrons. The van der Waals surface area contributed by atoms with Crippen molar-refractivity contribution in [1.82, 2.24) is 4.90 Å². The van der Waals surface area contributed by atoms with Crippen LogP contribution < -0.4 is 9.47 Å². The maximum Gasteiger partial charge on any atom is 0.267 e. The van der Waals surface area contributed by atoms with E-state index in [1.807, 2.05) is 40.6 Å². The lowest BCUT2D eigenvalue weighted by Gasteiger charge is -2.30. The van der Waals surface area contributed by atoms with Gasteiger partial charge in [0.05, 0.1) is 6.54 Å². The summed E-state index contributed by atoms with van der Waals surface area (Å²) in [5.74, 6) is 1.40. The molecule has 0 spiro atoms. The molecule has 2 aromatic rings. The van der Waals surface area contributed by atoms with Crippen molar-refractivity contribution in [2.75, 3.05) is 6.61 Å². The zero-order chi connectivity index (χ0) is 14.9. The van der Waals surface area contributed by atoms with Crippen LogP contribution in [0.4, 0.5) is 0 Å². The molecule has 2 aliphatic rings. The zero-order valence-corrected chi connectivity index (χ0v) is 12.9. The third-order valence-corrected chi connectivity index (χ3v) is 4.82. The van der Waals surface area contributed by atoms with Gasteiger partial charge in [-0.05, 0) is 36.4 Å². The number of nitrogens with zero attached hydrogens (tertiary/aromatic N) is 1. The van der Waals surface area contributed by atoms with Crippen LogP contribution in [0.5, 0.6) is 11.5 Å². The third kappa shape index (κ3) is 2.68. The number of ether oxygens (including phenoxy) is 2. The number of carbonyl (C=O) groups is 1. The number of amides is 1. The standard InChI is InChI=1S/C17H17NO3S/c19-17(16-11-20-14-5-1-2-6-15(14)21-16)18(12-7-8-12)10-13-4-3-9-22-13/h1-6,9,12,16H,7-8,10-11H2. The lowest BCUT2D eigenvalue weighted by Crippen LogP contribution is -2.46. The summed E-state index contributed by atoms with van der Waals surface area (Å²) in [5, 5.41) is 2.04. The number of para-hydroxylation sites is 2. The minimum atomic E-state index is -0.546. The topological polar surface area (TPSA) is 38.8 Å². The highest BCUT2D eigenvalue weighted by Gasteiger charge is 2.38. The normalized spacial score (nSPS) is 19.7. The summed E-state index contributed by atoms with van der Waals surface area (Å²) < 4.78 is 11.5. The van der Waals surface area contributed by atoms with Crippen LogP contribution in [0, 0.1) is 0 Å². The van der Waals surface area contributed by atoms with Crippen molar-refractivity contribution in [3.8, 4) is 11.5 Å². The maximum atomic E-state index is 12.8. The number of hydrogen-bond donors (Lipinski definition) is 0. The second kappa shape index (κ2) is 5.65. The van der Waals surface area contributed by atoms with Crippen LogP contribution in [0.15, 0.2) is 41.8 Å². The molecule has 1 aliphatic heterocycles. The predicted molar refractivity (Wildman–Crippen MR) is 84.2 cm³/mol. The molecule has 0 bridgehead atoms. The SMILES string of the molecule is O=C(C1COc2ccccc2O1)N(Cc1cccs1)C1CC1. The minimum Gasteiger partial charge on any atom is -0.485 e. The summed E-state index contributed by atoms with van der Waals surface area (Å²) >= 11 is 1.68. The Kier molecular flexibility index (Phi) is 3.50. The molecule has 1 aromatic carbocycles. The van der Waals surface area contributed by atoms with Crippen molar-refractivity contribution in [2.24, 2.45) is 0 Å². The lowest BCUT2D eigenvalue weighted by molar-refractivity contribution is -0.142. The van der Waals surface area contributed by atoms with Gasteiger partial charge in [-0.3, -0.25) is 4.79 Å². The van der Waals surface area contributed by atoms with Crippen LogP contribution in [-0.4, -0.2) is 29.6 Å². The molecule has 4 nitrogen and oxygen atoms in total. The Hall–Kier alpha value is -2.01. The Balaban J connectivity index is 1.50. The zero-order valence-electron chi connectivity index (χ0n) is 12.1. The van der Waals surface area contributed by atoms with Crippen LogP contribution in [0.2, 0.25) is 0 Å². The molecule has 22 heavy (non-hydrogen) atoms. The maximum absolute atomic E-state index is 12.8. The van der Waals surface area contributed by atoms with Crippen molar-refractivity contribution in [3.63, 3.8) is 0 Å². The Bertz CT molecular complexity index is 666. The second-order valence-electron chi connectivity index (χ2n) is 5.64. The van der Waals surface area contributed by atoms with E-state index in [4.69, 9.17) is 9.47 Å². The number of hydrogen-bond acceptors (Lipinski definition) is 4. The van der Waals surface area contributed by atoms with E-state index in [2.05, 4.69) is 6.07 Å². The molecule has 0 saturated heterocycles. The Morgan fingerprint density at radius 3 is 2.73 bits per heavy atom. The van der Waals surface area contributed by atoms with E-state index < -0.39 is 6.10 Å². The molecule has 1 unspecified atom stereocenters. The fraction of sp³-hybridized carbons (Fsp3) is 0.353. The molecule has 4 rings (SSSR count). The Labute approximate surface area is 133 Å². The second-order valence-corrected chi connectivity index (χ2v) is 6.67. The number of thiophene rings is 1. The van der Waals surface area contributed by atoms with Gasteiger partial charge in [-0.25, -0.2) is 0 Å². The third-order valence-electron chi connectivity index (χ3n) is 3.96. The van der Waals surface area contributed by atoms with Crippen LogP contribution in [0.1, 0.15) is 17.7 Å². The largest absolute Gasteiger partial charge is 0.485 e. The summed E-state index contributed by atoms with van der Waals surface area (Å²) in [6.07, 6.45) is 1.62. The van der Waals surface area contributed by atoms with Crippen LogP contribution in [0.25, 0.3) is 0 Å². The van der Waals surface area contributed by atoms with E-state index in [1.165, 1.54) is 4.88 Å². The van der Waals surface area contributed by atoms with E-state index in [1.54, 1.807) is 11.3 Å². The Morgan fingerprint density at radius 2 is 2.00 bits per heavy atom. The molecular formula is C17H17NO3S. The smallest absolute Gasteiger partial charge is 0.267 e. The van der Waals surface area contributed by atoms with Gasteiger partial charge in [-0.15, -0.1) is 11.3 Å². The first-order valence-electron chi connectivity index (χ1n) is 7.52. The number of fused-ring (bicyclic) bond motifs is 1. The van der Waals surface area contributed by atoms with Gasteiger partial charge in [0.15, 0.2) is 11.5 Å². The molecule has 5 heteroatoms. The van der Waals surface area contributed by atoms with E-state index in [0.717, 1.165) is 12.8 Å². The minimum absolute atomic E-state index is 0.0328. The van der Waals surface area contributed by atoms with Gasteiger partial charge < -0.3 is 14.4 Å². The summed E-state index contributed by atoms with van der Waals surface area (Å²) in [5.41, 5.74) is 0. The molecule has 1 aromatic heterocycles. The van der Waals surface area contributed by atoms with Crippen molar-refractivity contribution in [3.05, 3.63) is 46.7 Å². The first kappa shape index (κ1) is 13.6. The summed E-state index contributed by atoms with van der Waals surface area (Å²) in [7, 11) is 0. The highest BCUT2D eigenvalue weighted by atomic mass is 32.1. The summed E-state index contributed by atoms with van der Waals surface area (Å²) in [6, 6.07) is 11.9. The highest BCUT2D eigenvalue weighted by Crippen LogP contribution is 2.34. The van der Waals surface area contributed by atoms with Crippen LogP contribution in [-0.2, 0) is 11.3 Å². The van der Waals surface area contributed by atoms with Gasteiger partial charge >= 0.3 is 0 Å². The molecule has 1 aliphatic carbocycles. The first-order chi connectivity index (χ1) is 10.8. The number of rotatable bonds is 4. The van der Waals surface area contributed by atoms with Gasteiger partial charge in [-0.2, -0.15) is 0 Å². The lowest BCUT2D eigenvalue weighted by atomic mass is 10.2. The highest BCUT2D eigenvalue weighted by molar-refractivity contribution is 7.09. The van der Waals surface area contributed by atoms with Crippen LogP contribution >= 0.6 is 11.3 Å². The molecule has 1 atom stereocenters. The van der Waals surface area contributed by atoms with Gasteiger partial charge in [0.25, 0.3) is 5.91 Å². The van der Waals surface area contributed by atoms with E-state index in [-0.39, 0.29) is 12.5 Å². The van der Waals surface area contributed by atoms with Gasteiger partial charge in [-0.1, -0.05) is 18.2 Å². The van der Waals surface area contributed by atoms with Crippen molar-refractivity contribution < 1.29 is 14.3 Å². The number of benzene rings is 1. The summed E-state index contributed by atoms with van der Waals surface area (Å²) in [4.78, 5) is 16.0.